The van der Waals surface area contributed by atoms with E-state index in [0.29, 0.717) is 0 Å². The van der Waals surface area contributed by atoms with Crippen molar-refractivity contribution in [3.63, 3.8) is 0 Å². The smallest absolute Gasteiger partial charge is 0.159 e. The van der Waals surface area contributed by atoms with E-state index in [2.05, 4.69) is 46.8 Å². The minimum atomic E-state index is -0.0430. The summed E-state index contributed by atoms with van der Waals surface area (Å²) < 4.78 is 2.79. The van der Waals surface area contributed by atoms with E-state index in [9.17, 15) is 0 Å². The molecule has 0 fully saturated rings. The summed E-state index contributed by atoms with van der Waals surface area (Å²) in [4.78, 5) is 4.34. The molecule has 0 amide bonds. The van der Waals surface area contributed by atoms with Gasteiger partial charge in [-0.2, -0.15) is 5.10 Å². The molecule has 0 bridgehead atoms. The second-order valence-corrected chi connectivity index (χ2v) is 5.00. The molecule has 0 saturated heterocycles. The van der Waals surface area contributed by atoms with E-state index in [1.54, 1.807) is 6.20 Å². The van der Waals surface area contributed by atoms with E-state index in [-0.39, 0.29) is 5.54 Å². The van der Waals surface area contributed by atoms with E-state index in [4.69, 9.17) is 0 Å². The molecule has 0 aliphatic rings. The third kappa shape index (κ3) is 1.43. The normalized spacial score (nSPS) is 12.3. The Morgan fingerprint density at radius 2 is 2.07 bits per heavy atom. The van der Waals surface area contributed by atoms with Gasteiger partial charge in [-0.15, -0.1) is 0 Å². The minimum Gasteiger partial charge on any atom is -0.241 e. The predicted octanol–water partition coefficient (Wildman–Crippen LogP) is 2.95. The standard InChI is InChI=1S/C10H12BrN3/c1-10(2,3)14-9-7(8(11)13-14)5-4-6-12-9/h4-6H,1-3H3. The lowest BCUT2D eigenvalue weighted by molar-refractivity contribution is 0.364. The molecule has 0 atom stereocenters. The predicted molar refractivity (Wildman–Crippen MR) is 60.2 cm³/mol. The van der Waals surface area contributed by atoms with Crippen LogP contribution in [-0.2, 0) is 5.54 Å². The average molecular weight is 254 g/mol. The van der Waals surface area contributed by atoms with Crippen LogP contribution in [0, 0.1) is 0 Å². The average Bonchev–Trinajstić information content (AvgIpc) is 2.44. The van der Waals surface area contributed by atoms with Crippen LogP contribution in [0.5, 0.6) is 0 Å². The number of pyridine rings is 1. The van der Waals surface area contributed by atoms with Crippen LogP contribution in [0.1, 0.15) is 20.8 Å². The molecule has 0 N–H and O–H groups in total. The van der Waals surface area contributed by atoms with Crippen molar-refractivity contribution < 1.29 is 0 Å². The Morgan fingerprint density at radius 1 is 1.36 bits per heavy atom. The minimum absolute atomic E-state index is 0.0430. The van der Waals surface area contributed by atoms with E-state index < -0.39 is 0 Å². The van der Waals surface area contributed by atoms with Crippen molar-refractivity contribution >= 4 is 27.0 Å². The lowest BCUT2D eigenvalue weighted by atomic mass is 10.1. The van der Waals surface area contributed by atoms with Gasteiger partial charge in [0.1, 0.15) is 4.60 Å². The highest BCUT2D eigenvalue weighted by molar-refractivity contribution is 9.10. The molecule has 3 nitrogen and oxygen atoms in total. The maximum atomic E-state index is 4.43. The van der Waals surface area contributed by atoms with Gasteiger partial charge in [-0.25, -0.2) is 9.67 Å². The zero-order valence-corrected chi connectivity index (χ0v) is 10.0. The van der Waals surface area contributed by atoms with Gasteiger partial charge >= 0.3 is 0 Å². The molecular weight excluding hydrogens is 242 g/mol. The molecule has 0 aliphatic carbocycles. The topological polar surface area (TPSA) is 30.7 Å². The van der Waals surface area contributed by atoms with Crippen LogP contribution in [0.15, 0.2) is 22.9 Å². The summed E-state index contributed by atoms with van der Waals surface area (Å²) in [7, 11) is 0. The summed E-state index contributed by atoms with van der Waals surface area (Å²) in [5, 5.41) is 5.49. The van der Waals surface area contributed by atoms with E-state index in [1.165, 1.54) is 0 Å². The van der Waals surface area contributed by atoms with Gasteiger partial charge in [0.05, 0.1) is 10.9 Å². The Balaban J connectivity index is 2.80. The SMILES string of the molecule is CC(C)(C)n1nc(Br)c2cccnc21. The molecule has 14 heavy (non-hydrogen) atoms. The Hall–Kier alpha value is -0.900. The van der Waals surface area contributed by atoms with Gasteiger partial charge in [0.25, 0.3) is 0 Å². The van der Waals surface area contributed by atoms with E-state index in [1.807, 2.05) is 16.8 Å². The van der Waals surface area contributed by atoms with Gasteiger partial charge in [-0.05, 0) is 48.8 Å². The van der Waals surface area contributed by atoms with Crippen molar-refractivity contribution in [1.29, 1.82) is 0 Å². The lowest BCUT2D eigenvalue weighted by Gasteiger charge is -2.19. The zero-order chi connectivity index (χ0) is 10.3. The molecule has 2 aromatic heterocycles. The first-order valence-electron chi connectivity index (χ1n) is 4.50. The number of rotatable bonds is 0. The quantitative estimate of drug-likeness (QED) is 0.723. The molecule has 0 unspecified atom stereocenters. The highest BCUT2D eigenvalue weighted by atomic mass is 79.9. The third-order valence-electron chi connectivity index (χ3n) is 2.03. The summed E-state index contributed by atoms with van der Waals surface area (Å²) in [5.74, 6) is 0. The number of hydrogen-bond acceptors (Lipinski definition) is 2. The first-order chi connectivity index (χ1) is 6.50. The summed E-state index contributed by atoms with van der Waals surface area (Å²) >= 11 is 3.44. The fourth-order valence-corrected chi connectivity index (χ4v) is 1.85. The maximum Gasteiger partial charge on any atom is 0.159 e. The van der Waals surface area contributed by atoms with Gasteiger partial charge in [0.2, 0.25) is 0 Å². The highest BCUT2D eigenvalue weighted by Gasteiger charge is 2.19. The summed E-state index contributed by atoms with van der Waals surface area (Å²) in [6.45, 7) is 6.34. The first kappa shape index (κ1) is 9.65. The molecule has 4 heteroatoms. The monoisotopic (exact) mass is 253 g/mol. The summed E-state index contributed by atoms with van der Waals surface area (Å²) in [5.41, 5.74) is 0.880. The van der Waals surface area contributed by atoms with Crippen molar-refractivity contribution in [2.24, 2.45) is 0 Å². The largest absolute Gasteiger partial charge is 0.241 e. The van der Waals surface area contributed by atoms with Crippen molar-refractivity contribution in [2.75, 3.05) is 0 Å². The second kappa shape index (κ2) is 3.05. The van der Waals surface area contributed by atoms with Gasteiger partial charge in [-0.1, -0.05) is 0 Å². The summed E-state index contributed by atoms with van der Waals surface area (Å²) in [6.07, 6.45) is 1.79. The van der Waals surface area contributed by atoms with Crippen molar-refractivity contribution in [3.8, 4) is 0 Å². The fraction of sp³-hybridized carbons (Fsp3) is 0.400. The third-order valence-corrected chi connectivity index (χ3v) is 2.62. The number of fused-ring (bicyclic) bond motifs is 1. The Labute approximate surface area is 91.3 Å². The van der Waals surface area contributed by atoms with Gasteiger partial charge in [0, 0.05) is 6.20 Å². The van der Waals surface area contributed by atoms with Crippen LogP contribution in [0.3, 0.4) is 0 Å². The first-order valence-corrected chi connectivity index (χ1v) is 5.29. The molecule has 74 valence electrons. The van der Waals surface area contributed by atoms with Crippen LogP contribution < -0.4 is 0 Å². The lowest BCUT2D eigenvalue weighted by Crippen LogP contribution is -2.23. The van der Waals surface area contributed by atoms with E-state index >= 15 is 0 Å². The second-order valence-electron chi connectivity index (χ2n) is 4.25. The van der Waals surface area contributed by atoms with Gasteiger partial charge in [-0.3, -0.25) is 0 Å². The Kier molecular flexibility index (Phi) is 2.10. The zero-order valence-electron chi connectivity index (χ0n) is 8.45. The van der Waals surface area contributed by atoms with Crippen LogP contribution >= 0.6 is 15.9 Å². The molecule has 2 aromatic rings. The van der Waals surface area contributed by atoms with Crippen LogP contribution in [-0.4, -0.2) is 14.8 Å². The molecule has 2 heterocycles. The Morgan fingerprint density at radius 3 is 2.71 bits per heavy atom. The molecule has 0 aliphatic heterocycles. The Bertz CT molecular complexity index is 468. The number of hydrogen-bond donors (Lipinski definition) is 0. The molecule has 2 rings (SSSR count). The highest BCUT2D eigenvalue weighted by Crippen LogP contribution is 2.25. The van der Waals surface area contributed by atoms with Gasteiger partial charge in [0.15, 0.2) is 5.65 Å². The summed E-state index contributed by atoms with van der Waals surface area (Å²) in [6, 6.07) is 3.93. The molecule has 0 radical (unpaired) electrons. The van der Waals surface area contributed by atoms with Crippen molar-refractivity contribution in [3.05, 3.63) is 22.9 Å². The van der Waals surface area contributed by atoms with Crippen molar-refractivity contribution in [2.45, 2.75) is 26.3 Å². The maximum absolute atomic E-state index is 4.43. The van der Waals surface area contributed by atoms with Crippen molar-refractivity contribution in [1.82, 2.24) is 14.8 Å². The van der Waals surface area contributed by atoms with Crippen LogP contribution in [0.25, 0.3) is 11.0 Å². The number of halogens is 1. The van der Waals surface area contributed by atoms with Crippen LogP contribution in [0.4, 0.5) is 0 Å². The number of nitrogens with zero attached hydrogens (tertiary/aromatic N) is 3. The van der Waals surface area contributed by atoms with Gasteiger partial charge < -0.3 is 0 Å². The number of aromatic nitrogens is 3. The molecular formula is C10H12BrN3. The van der Waals surface area contributed by atoms with Crippen LogP contribution in [0.2, 0.25) is 0 Å². The molecule has 0 spiro atoms. The molecule has 0 aromatic carbocycles. The fourth-order valence-electron chi connectivity index (χ4n) is 1.38. The molecule has 0 saturated carbocycles. The van der Waals surface area contributed by atoms with E-state index in [0.717, 1.165) is 15.6 Å².